The number of thiophene rings is 1. The number of nitrogens with one attached hydrogen (secondary N) is 1. The molecule has 1 atom stereocenters. The Morgan fingerprint density at radius 3 is 2.61 bits per heavy atom. The molecule has 33 heavy (non-hydrogen) atoms. The number of carboxylic acids is 1. The number of nitrogens with zero attached hydrogens (tertiary/aromatic N) is 1. The molecular formula is C25H31FN2O4S. The van der Waals surface area contributed by atoms with Crippen LogP contribution in [0.4, 0.5) is 9.39 Å². The number of hydrogen-bond acceptors (Lipinski definition) is 4. The standard InChI is InChI=1S/C25H31FN2O4S/c1-14(12-25(3,4)5)11-20(29)27-22-21(24(31)32)17-9-10-28(13-19(17)33-22)23(30)16-7-6-8-18(26)15(16)2/h6-8,14H,9-13H2,1-5H3,(H,27,29)(H,31,32). The Balaban J connectivity index is 1.79. The summed E-state index contributed by atoms with van der Waals surface area (Å²) in [4.78, 5) is 40.0. The van der Waals surface area contributed by atoms with Crippen LogP contribution in [0.15, 0.2) is 18.2 Å². The number of aromatic carboxylic acids is 1. The molecule has 8 heteroatoms. The summed E-state index contributed by atoms with van der Waals surface area (Å²) in [7, 11) is 0. The third-order valence-corrected chi connectivity index (χ3v) is 6.94. The zero-order valence-corrected chi connectivity index (χ0v) is 20.6. The van der Waals surface area contributed by atoms with E-state index in [2.05, 4.69) is 26.1 Å². The van der Waals surface area contributed by atoms with E-state index in [9.17, 15) is 23.9 Å². The molecule has 0 radical (unpaired) electrons. The molecule has 1 aromatic heterocycles. The fraction of sp³-hybridized carbons (Fsp3) is 0.480. The average Bonchev–Trinajstić information content (AvgIpc) is 3.04. The second-order valence-corrected chi connectivity index (χ2v) is 11.1. The lowest BCUT2D eigenvalue weighted by molar-refractivity contribution is -0.117. The SMILES string of the molecule is Cc1c(F)cccc1C(=O)N1CCc2c(sc(NC(=O)CC(C)CC(C)(C)C)c2C(=O)O)C1. The van der Waals surface area contributed by atoms with Crippen LogP contribution in [0.5, 0.6) is 0 Å². The van der Waals surface area contributed by atoms with Gasteiger partial charge in [-0.1, -0.05) is 33.8 Å². The van der Waals surface area contributed by atoms with Gasteiger partial charge in [0.15, 0.2) is 0 Å². The number of carbonyl (C=O) groups is 3. The highest BCUT2D eigenvalue weighted by molar-refractivity contribution is 7.17. The van der Waals surface area contributed by atoms with Crippen molar-refractivity contribution in [1.82, 2.24) is 4.90 Å². The number of fused-ring (bicyclic) bond motifs is 1. The van der Waals surface area contributed by atoms with Gasteiger partial charge in [0.05, 0.1) is 12.1 Å². The summed E-state index contributed by atoms with van der Waals surface area (Å²) in [5.74, 6) is -1.86. The van der Waals surface area contributed by atoms with Crippen LogP contribution in [0.3, 0.4) is 0 Å². The number of carboxylic acid groups (broad SMARTS) is 1. The molecule has 178 valence electrons. The molecule has 2 heterocycles. The van der Waals surface area contributed by atoms with Crippen molar-refractivity contribution in [2.45, 2.75) is 60.4 Å². The van der Waals surface area contributed by atoms with E-state index in [4.69, 9.17) is 0 Å². The first-order valence-electron chi connectivity index (χ1n) is 11.1. The summed E-state index contributed by atoms with van der Waals surface area (Å²) in [5, 5.41) is 12.9. The zero-order valence-electron chi connectivity index (χ0n) is 19.8. The van der Waals surface area contributed by atoms with Crippen LogP contribution in [-0.2, 0) is 17.8 Å². The van der Waals surface area contributed by atoms with Crippen LogP contribution in [0.25, 0.3) is 0 Å². The normalized spacial score (nSPS) is 14.5. The topological polar surface area (TPSA) is 86.7 Å². The Morgan fingerprint density at radius 1 is 1.27 bits per heavy atom. The molecule has 3 rings (SSSR count). The van der Waals surface area contributed by atoms with Gasteiger partial charge in [0, 0.05) is 23.4 Å². The van der Waals surface area contributed by atoms with Crippen molar-refractivity contribution in [2.24, 2.45) is 11.3 Å². The molecular weight excluding hydrogens is 443 g/mol. The summed E-state index contributed by atoms with van der Waals surface area (Å²) in [6.07, 6.45) is 1.55. The van der Waals surface area contributed by atoms with Gasteiger partial charge in [-0.15, -0.1) is 11.3 Å². The van der Waals surface area contributed by atoms with Gasteiger partial charge in [0.25, 0.3) is 5.91 Å². The van der Waals surface area contributed by atoms with Crippen molar-refractivity contribution in [1.29, 1.82) is 0 Å². The van der Waals surface area contributed by atoms with Gasteiger partial charge in [-0.05, 0) is 54.4 Å². The minimum atomic E-state index is -1.09. The first-order valence-corrected chi connectivity index (χ1v) is 11.9. The number of rotatable bonds is 6. The maximum absolute atomic E-state index is 13.9. The van der Waals surface area contributed by atoms with Gasteiger partial charge in [-0.25, -0.2) is 9.18 Å². The molecule has 2 amide bonds. The predicted molar refractivity (Wildman–Crippen MR) is 127 cm³/mol. The minimum Gasteiger partial charge on any atom is -0.478 e. The van der Waals surface area contributed by atoms with Gasteiger partial charge in [-0.2, -0.15) is 0 Å². The quantitative estimate of drug-likeness (QED) is 0.579. The van der Waals surface area contributed by atoms with Crippen molar-refractivity contribution in [2.75, 3.05) is 11.9 Å². The van der Waals surface area contributed by atoms with Crippen LogP contribution >= 0.6 is 11.3 Å². The van der Waals surface area contributed by atoms with Crippen molar-refractivity contribution >= 4 is 34.1 Å². The lowest BCUT2D eigenvalue weighted by atomic mass is 9.84. The third-order valence-electron chi connectivity index (χ3n) is 5.80. The van der Waals surface area contributed by atoms with E-state index in [0.717, 1.165) is 11.3 Å². The number of halogens is 1. The fourth-order valence-corrected chi connectivity index (χ4v) is 5.78. The van der Waals surface area contributed by atoms with Crippen LogP contribution in [0.1, 0.15) is 77.3 Å². The van der Waals surface area contributed by atoms with Crippen LogP contribution in [0, 0.1) is 24.1 Å². The van der Waals surface area contributed by atoms with Crippen molar-refractivity contribution in [3.05, 3.63) is 51.1 Å². The van der Waals surface area contributed by atoms with E-state index >= 15 is 0 Å². The second-order valence-electron chi connectivity index (χ2n) is 10.0. The number of benzene rings is 1. The maximum Gasteiger partial charge on any atom is 0.339 e. The molecule has 1 aromatic carbocycles. The van der Waals surface area contributed by atoms with Crippen molar-refractivity contribution in [3.8, 4) is 0 Å². The number of carbonyl (C=O) groups excluding carboxylic acids is 2. The van der Waals surface area contributed by atoms with E-state index in [1.165, 1.54) is 23.5 Å². The Morgan fingerprint density at radius 2 is 1.97 bits per heavy atom. The van der Waals surface area contributed by atoms with E-state index in [0.29, 0.717) is 41.1 Å². The lowest BCUT2D eigenvalue weighted by Gasteiger charge is -2.27. The molecule has 0 saturated heterocycles. The molecule has 1 aliphatic heterocycles. The minimum absolute atomic E-state index is 0.101. The summed E-state index contributed by atoms with van der Waals surface area (Å²) >= 11 is 1.20. The number of hydrogen-bond donors (Lipinski definition) is 2. The van der Waals surface area contributed by atoms with Crippen molar-refractivity contribution < 1.29 is 23.9 Å². The first kappa shape index (κ1) is 24.9. The summed E-state index contributed by atoms with van der Waals surface area (Å²) in [5.41, 5.74) is 1.47. The van der Waals surface area contributed by atoms with E-state index in [1.54, 1.807) is 17.9 Å². The zero-order chi connectivity index (χ0) is 24.5. The van der Waals surface area contributed by atoms with Crippen LogP contribution in [0.2, 0.25) is 0 Å². The highest BCUT2D eigenvalue weighted by Gasteiger charge is 2.31. The maximum atomic E-state index is 13.9. The molecule has 0 spiro atoms. The molecule has 0 saturated carbocycles. The van der Waals surface area contributed by atoms with Crippen LogP contribution < -0.4 is 5.32 Å². The van der Waals surface area contributed by atoms with Gasteiger partial charge in [0.1, 0.15) is 10.8 Å². The fourth-order valence-electron chi connectivity index (χ4n) is 4.51. The largest absolute Gasteiger partial charge is 0.478 e. The summed E-state index contributed by atoms with van der Waals surface area (Å²) in [6.45, 7) is 10.5. The monoisotopic (exact) mass is 474 g/mol. The molecule has 1 unspecified atom stereocenters. The van der Waals surface area contributed by atoms with Gasteiger partial charge >= 0.3 is 5.97 Å². The Hall–Kier alpha value is -2.74. The Kier molecular flexibility index (Phi) is 7.26. The molecule has 6 nitrogen and oxygen atoms in total. The Labute approximate surface area is 197 Å². The molecule has 1 aliphatic rings. The van der Waals surface area contributed by atoms with Crippen LogP contribution in [-0.4, -0.2) is 34.3 Å². The van der Waals surface area contributed by atoms with E-state index in [1.807, 2.05) is 6.92 Å². The highest BCUT2D eigenvalue weighted by Crippen LogP contribution is 2.38. The van der Waals surface area contributed by atoms with Gasteiger partial charge < -0.3 is 15.3 Å². The van der Waals surface area contributed by atoms with Crippen molar-refractivity contribution in [3.63, 3.8) is 0 Å². The first-order chi connectivity index (χ1) is 15.4. The predicted octanol–water partition coefficient (Wildman–Crippen LogP) is 5.49. The summed E-state index contributed by atoms with van der Waals surface area (Å²) < 4.78 is 13.9. The molecule has 2 N–H and O–H groups in total. The van der Waals surface area contributed by atoms with E-state index < -0.39 is 11.8 Å². The average molecular weight is 475 g/mol. The smallest absolute Gasteiger partial charge is 0.339 e. The number of anilines is 1. The molecule has 2 aromatic rings. The lowest BCUT2D eigenvalue weighted by Crippen LogP contribution is -2.36. The van der Waals surface area contributed by atoms with E-state index in [-0.39, 0.29) is 35.3 Å². The van der Waals surface area contributed by atoms with Gasteiger partial charge in [-0.3, -0.25) is 9.59 Å². The molecule has 0 fully saturated rings. The van der Waals surface area contributed by atoms with Gasteiger partial charge in [0.2, 0.25) is 5.91 Å². The number of amides is 2. The molecule has 0 aliphatic carbocycles. The third kappa shape index (κ3) is 5.79. The second kappa shape index (κ2) is 9.63. The summed E-state index contributed by atoms with van der Waals surface area (Å²) in [6, 6.07) is 4.42. The highest BCUT2D eigenvalue weighted by atomic mass is 32.1. The Bertz CT molecular complexity index is 1090. The molecule has 0 bridgehead atoms.